The van der Waals surface area contributed by atoms with Crippen molar-refractivity contribution in [1.82, 2.24) is 10.4 Å². The van der Waals surface area contributed by atoms with E-state index in [0.717, 1.165) is 0 Å². The van der Waals surface area contributed by atoms with Crippen LogP contribution in [0.4, 0.5) is 0 Å². The monoisotopic (exact) mass is 333 g/mol. The Morgan fingerprint density at radius 1 is 1.35 bits per heavy atom. The maximum Gasteiger partial charge on any atom is 0.275 e. The summed E-state index contributed by atoms with van der Waals surface area (Å²) in [5, 5.41) is 13.6. The summed E-state index contributed by atoms with van der Waals surface area (Å²) in [6.45, 7) is 1.74. The topological polar surface area (TPSA) is 74.6 Å². The van der Waals surface area contributed by atoms with Crippen molar-refractivity contribution in [2.75, 3.05) is 0 Å². The number of halogens is 1. The maximum atomic E-state index is 11.9. The van der Waals surface area contributed by atoms with Crippen molar-refractivity contribution >= 4 is 27.5 Å². The highest BCUT2D eigenvalue weighted by molar-refractivity contribution is 9.10. The van der Waals surface area contributed by atoms with Crippen LogP contribution in [0.25, 0.3) is 0 Å². The summed E-state index contributed by atoms with van der Waals surface area (Å²) in [7, 11) is 0. The number of carbonyl (C=O) groups excluding carboxylic acids is 1. The summed E-state index contributed by atoms with van der Waals surface area (Å²) >= 11 is 3.24. The average Bonchev–Trinajstić information content (AvgIpc) is 2.47. The minimum absolute atomic E-state index is 0.101. The Balaban J connectivity index is 2.14. The summed E-state index contributed by atoms with van der Waals surface area (Å²) < 4.78 is 0.700. The van der Waals surface area contributed by atoms with Crippen molar-refractivity contribution in [3.63, 3.8) is 0 Å². The van der Waals surface area contributed by atoms with Crippen molar-refractivity contribution in [1.29, 1.82) is 0 Å². The summed E-state index contributed by atoms with van der Waals surface area (Å²) in [6, 6.07) is 10.0. The highest BCUT2D eigenvalue weighted by Gasteiger charge is 2.11. The lowest BCUT2D eigenvalue weighted by atomic mass is 10.2. The van der Waals surface area contributed by atoms with E-state index in [1.54, 1.807) is 31.3 Å². The Morgan fingerprint density at radius 3 is 2.85 bits per heavy atom. The summed E-state index contributed by atoms with van der Waals surface area (Å²) in [5.74, 6) is -0.588. The van der Waals surface area contributed by atoms with E-state index in [0.29, 0.717) is 15.9 Å². The molecule has 6 heteroatoms. The van der Waals surface area contributed by atoms with Crippen LogP contribution in [0.15, 0.2) is 52.2 Å². The van der Waals surface area contributed by atoms with Crippen molar-refractivity contribution in [2.24, 2.45) is 5.10 Å². The molecule has 0 fully saturated rings. The van der Waals surface area contributed by atoms with Gasteiger partial charge in [0.1, 0.15) is 5.75 Å². The molecule has 1 aromatic heterocycles. The first kappa shape index (κ1) is 14.2. The second kappa shape index (κ2) is 6.29. The van der Waals surface area contributed by atoms with E-state index in [1.807, 2.05) is 6.07 Å². The van der Waals surface area contributed by atoms with Crippen LogP contribution < -0.4 is 5.43 Å². The van der Waals surface area contributed by atoms with Crippen LogP contribution in [0, 0.1) is 0 Å². The van der Waals surface area contributed by atoms with E-state index in [2.05, 4.69) is 31.4 Å². The average molecular weight is 334 g/mol. The zero-order chi connectivity index (χ0) is 14.5. The van der Waals surface area contributed by atoms with E-state index in [9.17, 15) is 9.90 Å². The number of phenols is 1. The first-order valence-electron chi connectivity index (χ1n) is 5.82. The predicted molar refractivity (Wildman–Crippen MR) is 79.7 cm³/mol. The van der Waals surface area contributed by atoms with Gasteiger partial charge in [0.15, 0.2) is 0 Å². The molecule has 20 heavy (non-hydrogen) atoms. The van der Waals surface area contributed by atoms with E-state index < -0.39 is 5.91 Å². The number of benzene rings is 1. The van der Waals surface area contributed by atoms with E-state index in [1.165, 1.54) is 12.1 Å². The SMILES string of the molecule is C/C(=N/NC(=O)c1cc(Br)ccc1O)c1ccccn1. The van der Waals surface area contributed by atoms with E-state index in [4.69, 9.17) is 0 Å². The van der Waals surface area contributed by atoms with Gasteiger partial charge in [0.05, 0.1) is 17.0 Å². The van der Waals surface area contributed by atoms with E-state index >= 15 is 0 Å². The Morgan fingerprint density at radius 2 is 2.15 bits per heavy atom. The number of hydrogen-bond donors (Lipinski definition) is 2. The van der Waals surface area contributed by atoms with Crippen LogP contribution in [0.5, 0.6) is 5.75 Å². The first-order chi connectivity index (χ1) is 9.58. The lowest BCUT2D eigenvalue weighted by molar-refractivity contribution is 0.0952. The molecule has 1 heterocycles. The number of hydrogen-bond acceptors (Lipinski definition) is 4. The largest absolute Gasteiger partial charge is 0.507 e. The molecule has 0 saturated heterocycles. The number of aromatic nitrogens is 1. The molecule has 0 atom stereocenters. The molecule has 0 aliphatic carbocycles. The van der Waals surface area contributed by atoms with E-state index in [-0.39, 0.29) is 11.3 Å². The molecule has 0 unspecified atom stereocenters. The number of rotatable bonds is 3. The van der Waals surface area contributed by atoms with Crippen LogP contribution in [0.2, 0.25) is 0 Å². The van der Waals surface area contributed by atoms with Gasteiger partial charge in [0.2, 0.25) is 0 Å². The standard InChI is InChI=1S/C14H12BrN3O2/c1-9(12-4-2-3-7-16-12)17-18-14(20)11-8-10(15)5-6-13(11)19/h2-8,19H,1H3,(H,18,20)/b17-9-. The Hall–Kier alpha value is -2.21. The molecular formula is C14H12BrN3O2. The fourth-order valence-electron chi connectivity index (χ4n) is 1.52. The van der Waals surface area contributed by atoms with Crippen LogP contribution in [0.1, 0.15) is 23.0 Å². The highest BCUT2D eigenvalue weighted by Crippen LogP contribution is 2.21. The van der Waals surface area contributed by atoms with Crippen molar-refractivity contribution in [3.8, 4) is 5.75 Å². The van der Waals surface area contributed by atoms with Gasteiger partial charge in [-0.2, -0.15) is 5.10 Å². The van der Waals surface area contributed by atoms with Crippen molar-refractivity contribution < 1.29 is 9.90 Å². The second-order valence-electron chi connectivity index (χ2n) is 4.01. The van der Waals surface area contributed by atoms with Crippen LogP contribution in [-0.2, 0) is 0 Å². The van der Waals surface area contributed by atoms with Crippen LogP contribution in [0.3, 0.4) is 0 Å². The number of nitrogens with one attached hydrogen (secondary N) is 1. The van der Waals surface area contributed by atoms with Gasteiger partial charge in [-0.15, -0.1) is 0 Å². The zero-order valence-electron chi connectivity index (χ0n) is 10.7. The zero-order valence-corrected chi connectivity index (χ0v) is 12.3. The van der Waals surface area contributed by atoms with Gasteiger partial charge >= 0.3 is 0 Å². The number of aromatic hydroxyl groups is 1. The quantitative estimate of drug-likeness (QED) is 0.669. The van der Waals surface area contributed by atoms with Gasteiger partial charge in [-0.3, -0.25) is 9.78 Å². The molecule has 0 aliphatic rings. The predicted octanol–water partition coefficient (Wildman–Crippen LogP) is 2.70. The molecule has 0 saturated carbocycles. The lowest BCUT2D eigenvalue weighted by Gasteiger charge is -2.05. The van der Waals surface area contributed by atoms with Gasteiger partial charge in [0.25, 0.3) is 5.91 Å². The van der Waals surface area contributed by atoms with Gasteiger partial charge in [-0.1, -0.05) is 22.0 Å². The Bertz CT molecular complexity index is 657. The van der Waals surface area contributed by atoms with Gasteiger partial charge in [0, 0.05) is 10.7 Å². The minimum atomic E-state index is -0.487. The third-order valence-electron chi connectivity index (χ3n) is 2.56. The number of carbonyl (C=O) groups is 1. The smallest absolute Gasteiger partial charge is 0.275 e. The summed E-state index contributed by atoms with van der Waals surface area (Å²) in [5.41, 5.74) is 3.79. The number of pyridine rings is 1. The van der Waals surface area contributed by atoms with Gasteiger partial charge in [-0.25, -0.2) is 5.43 Å². The van der Waals surface area contributed by atoms with Crippen LogP contribution >= 0.6 is 15.9 Å². The number of amides is 1. The Kier molecular flexibility index (Phi) is 4.47. The molecule has 0 bridgehead atoms. The minimum Gasteiger partial charge on any atom is -0.507 e. The second-order valence-corrected chi connectivity index (χ2v) is 4.93. The number of nitrogens with zero attached hydrogens (tertiary/aromatic N) is 2. The molecule has 2 aromatic rings. The molecule has 2 rings (SSSR count). The molecule has 1 aromatic carbocycles. The third-order valence-corrected chi connectivity index (χ3v) is 3.06. The molecule has 102 valence electrons. The molecule has 1 amide bonds. The summed E-state index contributed by atoms with van der Waals surface area (Å²) in [6.07, 6.45) is 1.65. The van der Waals surface area contributed by atoms with Gasteiger partial charge < -0.3 is 5.11 Å². The Labute approximate surface area is 124 Å². The number of hydrazone groups is 1. The third kappa shape index (κ3) is 3.42. The molecule has 0 radical (unpaired) electrons. The van der Waals surface area contributed by atoms with Crippen molar-refractivity contribution in [3.05, 3.63) is 58.3 Å². The normalized spacial score (nSPS) is 11.2. The molecule has 5 nitrogen and oxygen atoms in total. The van der Waals surface area contributed by atoms with Crippen molar-refractivity contribution in [2.45, 2.75) is 6.92 Å². The van der Waals surface area contributed by atoms with Gasteiger partial charge in [-0.05, 0) is 37.3 Å². The summed E-state index contributed by atoms with van der Waals surface area (Å²) in [4.78, 5) is 16.1. The number of phenolic OH excluding ortho intramolecular Hbond substituents is 1. The fraction of sp³-hybridized carbons (Fsp3) is 0.0714. The first-order valence-corrected chi connectivity index (χ1v) is 6.62. The highest BCUT2D eigenvalue weighted by atomic mass is 79.9. The molecule has 0 aliphatic heterocycles. The molecule has 0 spiro atoms. The molecule has 2 N–H and O–H groups in total. The van der Waals surface area contributed by atoms with Crippen LogP contribution in [-0.4, -0.2) is 21.7 Å². The lowest BCUT2D eigenvalue weighted by Crippen LogP contribution is -2.19. The maximum absolute atomic E-state index is 11.9. The fourth-order valence-corrected chi connectivity index (χ4v) is 1.88. The molecular weight excluding hydrogens is 322 g/mol.